The summed E-state index contributed by atoms with van der Waals surface area (Å²) in [6.45, 7) is 8.16. The molecule has 3 N–H and O–H groups in total. The fourth-order valence-electron chi connectivity index (χ4n) is 7.30. The van der Waals surface area contributed by atoms with Gasteiger partial charge in [-0.05, 0) is 76.7 Å². The molecule has 2 saturated heterocycles. The summed E-state index contributed by atoms with van der Waals surface area (Å²) in [6, 6.07) is 33.0. The van der Waals surface area contributed by atoms with Crippen LogP contribution in [0.1, 0.15) is 70.6 Å². The summed E-state index contributed by atoms with van der Waals surface area (Å²) < 4.78 is 12.2. The number of carbonyl (C=O) groups is 2. The van der Waals surface area contributed by atoms with Gasteiger partial charge >= 0.3 is 6.03 Å². The van der Waals surface area contributed by atoms with Crippen LogP contribution in [-0.4, -0.2) is 52.1 Å². The van der Waals surface area contributed by atoms with Crippen molar-refractivity contribution < 1.29 is 23.6 Å². The first kappa shape index (κ1) is 38.3. The quantitative estimate of drug-likeness (QED) is 0.0724. The number of hydrogen-bond donors (Lipinski definition) is 3. The second-order valence-electron chi connectivity index (χ2n) is 14.6. The number of nitrogens with one attached hydrogen (secondary N) is 3. The predicted molar refractivity (Wildman–Crippen MR) is 216 cm³/mol. The highest BCUT2D eigenvalue weighted by Crippen LogP contribution is 2.51. The van der Waals surface area contributed by atoms with Gasteiger partial charge in [-0.25, -0.2) is 15.1 Å². The number of rotatable bonds is 13. The van der Waals surface area contributed by atoms with E-state index in [1.54, 1.807) is 11.3 Å². The number of amides is 3. The molecule has 2 aliphatic heterocycles. The molecule has 2 atom stereocenters. The van der Waals surface area contributed by atoms with Gasteiger partial charge in [-0.2, -0.15) is 0 Å². The first-order valence-electron chi connectivity index (χ1n) is 18.4. The van der Waals surface area contributed by atoms with Crippen LogP contribution in [0.3, 0.4) is 0 Å². The summed E-state index contributed by atoms with van der Waals surface area (Å²) in [5.41, 5.74) is 4.41. The summed E-state index contributed by atoms with van der Waals surface area (Å²) in [5, 5.41) is 8.31. The Labute approximate surface area is 317 Å². The van der Waals surface area contributed by atoms with Gasteiger partial charge in [0, 0.05) is 41.4 Å². The van der Waals surface area contributed by atoms with Crippen LogP contribution >= 0.6 is 23.1 Å². The predicted octanol–water partition coefficient (Wildman–Crippen LogP) is 8.19. The van der Waals surface area contributed by atoms with Crippen molar-refractivity contribution in [3.05, 3.63) is 102 Å². The van der Waals surface area contributed by atoms with Gasteiger partial charge in [-0.1, -0.05) is 100.0 Å². The zero-order valence-electron chi connectivity index (χ0n) is 30.5. The first-order chi connectivity index (χ1) is 25.2. The third kappa shape index (κ3) is 9.18. The van der Waals surface area contributed by atoms with E-state index in [4.69, 9.17) is 14.0 Å². The van der Waals surface area contributed by atoms with Gasteiger partial charge in [0.15, 0.2) is 6.29 Å². The van der Waals surface area contributed by atoms with Crippen molar-refractivity contribution in [2.75, 3.05) is 30.8 Å². The lowest BCUT2D eigenvalue weighted by molar-refractivity contribution is -0.200. The smallest absolute Gasteiger partial charge is 0.319 e. The van der Waals surface area contributed by atoms with Crippen LogP contribution in [0.5, 0.6) is 0 Å². The number of hydrogen-bond acceptors (Lipinski definition) is 7. The van der Waals surface area contributed by atoms with Gasteiger partial charge in [-0.3, -0.25) is 4.79 Å². The summed E-state index contributed by atoms with van der Waals surface area (Å²) in [6.07, 6.45) is 6.02. The average molecular weight is 758 g/mol. The molecule has 6 rings (SSSR count). The molecule has 1 unspecified atom stereocenters. The molecule has 3 amide bonds. The van der Waals surface area contributed by atoms with E-state index in [9.17, 15) is 9.59 Å². The molecule has 0 aliphatic carbocycles. The second-order valence-corrected chi connectivity index (χ2v) is 21.4. The fraction of sp³-hybridized carbons (Fsp3) is 0.415. The molecule has 3 heterocycles. The van der Waals surface area contributed by atoms with Crippen LogP contribution in [0, 0.1) is 0 Å². The molecule has 0 saturated carbocycles. The van der Waals surface area contributed by atoms with E-state index in [0.29, 0.717) is 31.9 Å². The summed E-state index contributed by atoms with van der Waals surface area (Å²) in [7, 11) is -2.68. The fourth-order valence-corrected chi connectivity index (χ4v) is 14.7. The number of urea groups is 1. The van der Waals surface area contributed by atoms with E-state index >= 15 is 0 Å². The maximum Gasteiger partial charge on any atom is 0.319 e. The van der Waals surface area contributed by atoms with Gasteiger partial charge < -0.3 is 19.8 Å². The number of benzene rings is 3. The Morgan fingerprint density at radius 3 is 2.31 bits per heavy atom. The number of hydroxylamine groups is 1. The minimum atomic E-state index is -2.68. The van der Waals surface area contributed by atoms with Crippen molar-refractivity contribution in [3.63, 3.8) is 0 Å². The van der Waals surface area contributed by atoms with E-state index in [-0.39, 0.29) is 28.0 Å². The largest absolute Gasteiger partial charge is 0.406 e. The summed E-state index contributed by atoms with van der Waals surface area (Å²) in [5.74, 6) is 0.901. The number of ether oxygens (including phenoxy) is 1. The van der Waals surface area contributed by atoms with Crippen LogP contribution in [0.2, 0.25) is 5.04 Å². The molecule has 0 bridgehead atoms. The average Bonchev–Trinajstić information content (AvgIpc) is 3.67. The van der Waals surface area contributed by atoms with Gasteiger partial charge in [0.1, 0.15) is 0 Å². The Kier molecular flexibility index (Phi) is 12.9. The van der Waals surface area contributed by atoms with Crippen LogP contribution in [-0.2, 0) is 23.5 Å². The first-order valence-corrected chi connectivity index (χ1v) is 22.1. The highest BCUT2D eigenvalue weighted by atomic mass is 32.2. The Morgan fingerprint density at radius 2 is 1.65 bits per heavy atom. The highest BCUT2D eigenvalue weighted by molar-refractivity contribution is 8.00. The standard InChI is InChI=1S/C41H51N3O5S2Si/c1-40(2,3)52(33-17-6-4-7-18-33,34-19-8-5-9-20-34)48-27-25-42-39(46)43-32-16-14-15-31(29-32)35-22-23-36(51-35)41(24-11-13-28-50-41)30-37(45)44-49-38-21-10-12-26-47-38/h4-9,14-20,22-23,29,38H,10-13,21,24-28,30H2,1-3H3,(H,44,45)(H2,42,43,46)/t38?,41-/m0/s1. The molecule has 3 aromatic carbocycles. The zero-order chi connectivity index (χ0) is 36.4. The lowest BCUT2D eigenvalue weighted by atomic mass is 9.94. The highest BCUT2D eigenvalue weighted by Gasteiger charge is 2.50. The van der Waals surface area contributed by atoms with Gasteiger partial charge in [0.25, 0.3) is 8.32 Å². The van der Waals surface area contributed by atoms with E-state index in [1.165, 1.54) is 15.3 Å². The maximum atomic E-state index is 13.1. The van der Waals surface area contributed by atoms with E-state index < -0.39 is 8.32 Å². The monoisotopic (exact) mass is 757 g/mol. The van der Waals surface area contributed by atoms with Crippen molar-refractivity contribution in [2.45, 2.75) is 81.8 Å². The molecule has 0 radical (unpaired) electrons. The minimum absolute atomic E-state index is 0.118. The third-order valence-corrected chi connectivity index (χ3v) is 17.9. The molecule has 52 heavy (non-hydrogen) atoms. The summed E-state index contributed by atoms with van der Waals surface area (Å²) >= 11 is 3.59. The second kappa shape index (κ2) is 17.6. The molecule has 8 nitrogen and oxygen atoms in total. The van der Waals surface area contributed by atoms with Crippen molar-refractivity contribution in [1.82, 2.24) is 10.8 Å². The van der Waals surface area contributed by atoms with Gasteiger partial charge in [0.05, 0.1) is 11.4 Å². The molecule has 11 heteroatoms. The molecular formula is C41H51N3O5S2Si. The minimum Gasteiger partial charge on any atom is -0.406 e. The number of thioether (sulfide) groups is 1. The Hall–Kier alpha value is -3.45. The molecular weight excluding hydrogens is 707 g/mol. The number of carbonyl (C=O) groups excluding carboxylic acids is 2. The lowest BCUT2D eigenvalue weighted by Crippen LogP contribution is -2.67. The van der Waals surface area contributed by atoms with Gasteiger partial charge in [-0.15, -0.1) is 23.1 Å². The van der Waals surface area contributed by atoms with Crippen LogP contribution < -0.4 is 26.5 Å². The topological polar surface area (TPSA) is 97.9 Å². The third-order valence-electron chi connectivity index (χ3n) is 9.82. The van der Waals surface area contributed by atoms with E-state index in [0.717, 1.165) is 54.7 Å². The van der Waals surface area contributed by atoms with E-state index in [2.05, 4.69) is 104 Å². The number of thiophene rings is 1. The van der Waals surface area contributed by atoms with Crippen molar-refractivity contribution >= 4 is 59.4 Å². The van der Waals surface area contributed by atoms with E-state index in [1.807, 2.05) is 42.1 Å². The van der Waals surface area contributed by atoms with Crippen LogP contribution in [0.4, 0.5) is 10.5 Å². The van der Waals surface area contributed by atoms with Crippen LogP contribution in [0.15, 0.2) is 97.1 Å². The zero-order valence-corrected chi connectivity index (χ0v) is 33.1. The molecule has 1 aromatic heterocycles. The van der Waals surface area contributed by atoms with Crippen molar-refractivity contribution in [3.8, 4) is 10.4 Å². The van der Waals surface area contributed by atoms with Gasteiger partial charge in [0.2, 0.25) is 5.91 Å². The Bertz CT molecular complexity index is 1710. The molecule has 2 fully saturated rings. The molecule has 276 valence electrons. The number of anilines is 1. The van der Waals surface area contributed by atoms with Crippen LogP contribution in [0.25, 0.3) is 10.4 Å². The molecule has 0 spiro atoms. The SMILES string of the molecule is CC(C)(C)[Si](OCCNC(=O)Nc1cccc(-c2ccc([C@@]3(CC(=O)NOC4CCCCO4)CCCCS3)s2)c1)(c1ccccc1)c1ccccc1. The molecule has 2 aliphatic rings. The summed E-state index contributed by atoms with van der Waals surface area (Å²) in [4.78, 5) is 34.1. The lowest BCUT2D eigenvalue weighted by Gasteiger charge is -2.43. The Balaban J connectivity index is 1.07. The van der Waals surface area contributed by atoms with Crippen molar-refractivity contribution in [1.29, 1.82) is 0 Å². The van der Waals surface area contributed by atoms with Crippen molar-refractivity contribution in [2.24, 2.45) is 0 Å². The maximum absolute atomic E-state index is 13.1. The normalized spacial score (nSPS) is 19.5. The molecule has 4 aromatic rings. The Morgan fingerprint density at radius 1 is 0.904 bits per heavy atom.